The van der Waals surface area contributed by atoms with Gasteiger partial charge in [-0.2, -0.15) is 0 Å². The van der Waals surface area contributed by atoms with Gasteiger partial charge in [-0.25, -0.2) is 4.79 Å². The summed E-state index contributed by atoms with van der Waals surface area (Å²) >= 11 is 0. The molecule has 2 unspecified atom stereocenters. The van der Waals surface area contributed by atoms with E-state index in [2.05, 4.69) is 21.6 Å². The number of hydrogen-bond acceptors (Lipinski definition) is 7. The van der Waals surface area contributed by atoms with E-state index in [0.29, 0.717) is 25.9 Å². The van der Waals surface area contributed by atoms with Crippen molar-refractivity contribution in [2.24, 2.45) is 0 Å². The van der Waals surface area contributed by atoms with Gasteiger partial charge in [-0.15, -0.1) is 0 Å². The van der Waals surface area contributed by atoms with E-state index in [0.717, 1.165) is 50.8 Å². The summed E-state index contributed by atoms with van der Waals surface area (Å²) in [5.41, 5.74) is 2.30. The van der Waals surface area contributed by atoms with Gasteiger partial charge in [-0.3, -0.25) is 24.1 Å². The second kappa shape index (κ2) is 13.2. The maximum Gasteiger partial charge on any atom is 0.410 e. The molecule has 1 aromatic rings. The van der Waals surface area contributed by atoms with Gasteiger partial charge in [-0.05, 0) is 69.7 Å². The highest BCUT2D eigenvalue weighted by molar-refractivity contribution is 6.38. The fourth-order valence-corrected chi connectivity index (χ4v) is 6.24. The SMILES string of the molecule is CCCC(NC(=O)[C@@H]1C[C@@H](OC(=O)N2CCc3ccccc3C2)CN1C(=O)C(C)N1CCCC1)C(=O)C(=O)NC1CC1. The van der Waals surface area contributed by atoms with Crippen LogP contribution in [-0.2, 0) is 36.9 Å². The molecule has 5 rings (SSSR count). The van der Waals surface area contributed by atoms with Gasteiger partial charge in [0.15, 0.2) is 0 Å². The van der Waals surface area contributed by atoms with E-state index < -0.39 is 47.9 Å². The lowest BCUT2D eigenvalue weighted by Gasteiger charge is -2.31. The number of hydrogen-bond donors (Lipinski definition) is 2. The molecule has 2 N–H and O–H groups in total. The van der Waals surface area contributed by atoms with Crippen molar-refractivity contribution in [3.8, 4) is 0 Å². The topological polar surface area (TPSA) is 128 Å². The van der Waals surface area contributed by atoms with Gasteiger partial charge in [0, 0.05) is 25.6 Å². The van der Waals surface area contributed by atoms with Crippen LogP contribution in [0.1, 0.15) is 69.9 Å². The predicted molar refractivity (Wildman–Crippen MR) is 154 cm³/mol. The summed E-state index contributed by atoms with van der Waals surface area (Å²) in [6, 6.07) is 5.71. The van der Waals surface area contributed by atoms with Crippen molar-refractivity contribution in [1.29, 1.82) is 0 Å². The lowest BCUT2D eigenvalue weighted by Crippen LogP contribution is -2.55. The van der Waals surface area contributed by atoms with Gasteiger partial charge in [0.05, 0.1) is 18.6 Å². The van der Waals surface area contributed by atoms with Crippen LogP contribution in [0.15, 0.2) is 24.3 Å². The highest BCUT2D eigenvalue weighted by atomic mass is 16.6. The average molecular weight is 582 g/mol. The number of likely N-dealkylation sites (tertiary alicyclic amines) is 2. The van der Waals surface area contributed by atoms with Crippen LogP contribution < -0.4 is 10.6 Å². The Hall–Kier alpha value is -3.47. The first-order valence-corrected chi connectivity index (χ1v) is 15.5. The third-order valence-corrected chi connectivity index (χ3v) is 8.90. The number of Topliss-reactive ketones (excluding diaryl/α,β-unsaturated/α-hetero) is 1. The number of nitrogens with zero attached hydrogens (tertiary/aromatic N) is 3. The maximum absolute atomic E-state index is 13.7. The van der Waals surface area contributed by atoms with E-state index in [1.165, 1.54) is 10.5 Å². The van der Waals surface area contributed by atoms with E-state index in [1.54, 1.807) is 4.90 Å². The average Bonchev–Trinajstić information content (AvgIpc) is 3.45. The van der Waals surface area contributed by atoms with Crippen LogP contribution >= 0.6 is 0 Å². The minimum Gasteiger partial charge on any atom is -0.444 e. The van der Waals surface area contributed by atoms with Gasteiger partial charge < -0.3 is 25.2 Å². The lowest BCUT2D eigenvalue weighted by molar-refractivity contribution is -0.144. The van der Waals surface area contributed by atoms with Crippen molar-refractivity contribution in [2.45, 2.75) is 102 Å². The van der Waals surface area contributed by atoms with Gasteiger partial charge >= 0.3 is 6.09 Å². The molecule has 4 amide bonds. The fourth-order valence-electron chi connectivity index (χ4n) is 6.24. The fraction of sp³-hybridized carbons (Fsp3) is 0.645. The molecule has 3 fully saturated rings. The molecule has 0 spiro atoms. The molecule has 0 radical (unpaired) electrons. The highest BCUT2D eigenvalue weighted by Crippen LogP contribution is 2.26. The number of nitrogens with one attached hydrogen (secondary N) is 2. The summed E-state index contributed by atoms with van der Waals surface area (Å²) < 4.78 is 5.89. The summed E-state index contributed by atoms with van der Waals surface area (Å²) in [6.07, 6.45) is 4.36. The van der Waals surface area contributed by atoms with Crippen LogP contribution in [0.2, 0.25) is 0 Å². The number of benzene rings is 1. The van der Waals surface area contributed by atoms with Crippen molar-refractivity contribution in [3.05, 3.63) is 35.4 Å². The zero-order chi connectivity index (χ0) is 29.8. The number of carbonyl (C=O) groups is 5. The van der Waals surface area contributed by atoms with Crippen molar-refractivity contribution in [2.75, 3.05) is 26.2 Å². The highest BCUT2D eigenvalue weighted by Gasteiger charge is 2.45. The molecule has 3 heterocycles. The summed E-state index contributed by atoms with van der Waals surface area (Å²) in [5.74, 6) is -2.07. The number of amides is 4. The standard InChI is InChI=1S/C31H43N5O6/c1-3-8-25(27(37)29(39)32-23-11-12-23)33-28(38)26-17-24(19-36(26)30(40)20(2)34-14-6-7-15-34)42-31(41)35-16-13-21-9-4-5-10-22(21)18-35/h4-5,9-10,20,23-26H,3,6-8,11-19H2,1-2H3,(H,32,39)(H,33,38)/t20?,24-,25?,26+/m1/s1. The van der Waals surface area contributed by atoms with E-state index in [9.17, 15) is 24.0 Å². The Kier molecular flexibility index (Phi) is 9.45. The number of fused-ring (bicyclic) bond motifs is 1. The zero-order valence-electron chi connectivity index (χ0n) is 24.7. The molecule has 2 saturated heterocycles. The summed E-state index contributed by atoms with van der Waals surface area (Å²) in [6.45, 7) is 6.43. The largest absolute Gasteiger partial charge is 0.444 e. The van der Waals surface area contributed by atoms with E-state index in [-0.39, 0.29) is 24.9 Å². The van der Waals surface area contributed by atoms with Gasteiger partial charge in [0.2, 0.25) is 17.6 Å². The summed E-state index contributed by atoms with van der Waals surface area (Å²) in [5, 5.41) is 5.47. The normalized spacial score (nSPS) is 23.6. The van der Waals surface area contributed by atoms with E-state index in [4.69, 9.17) is 4.74 Å². The first kappa shape index (κ1) is 30.0. The van der Waals surface area contributed by atoms with Gasteiger partial charge in [0.1, 0.15) is 12.1 Å². The quantitative estimate of drug-likeness (QED) is 0.403. The third-order valence-electron chi connectivity index (χ3n) is 8.90. The Bertz CT molecular complexity index is 1200. The lowest BCUT2D eigenvalue weighted by atomic mass is 10.0. The maximum atomic E-state index is 13.7. The molecule has 11 heteroatoms. The molecule has 4 atom stereocenters. The monoisotopic (exact) mass is 581 g/mol. The molecule has 1 aromatic carbocycles. The van der Waals surface area contributed by atoms with Crippen molar-refractivity contribution < 1.29 is 28.7 Å². The molecule has 3 aliphatic heterocycles. The number of rotatable bonds is 10. The molecule has 0 aromatic heterocycles. The summed E-state index contributed by atoms with van der Waals surface area (Å²) in [7, 11) is 0. The molecule has 1 aliphatic carbocycles. The Labute approximate surface area is 247 Å². The van der Waals surface area contributed by atoms with Crippen molar-refractivity contribution in [1.82, 2.24) is 25.3 Å². The molecular formula is C31H43N5O6. The second-order valence-electron chi connectivity index (χ2n) is 12.1. The number of ether oxygens (including phenoxy) is 1. The minimum absolute atomic E-state index is 0.0262. The van der Waals surface area contributed by atoms with Gasteiger partial charge in [0.25, 0.3) is 5.91 Å². The zero-order valence-corrected chi connectivity index (χ0v) is 24.7. The van der Waals surface area contributed by atoms with Crippen molar-refractivity contribution in [3.63, 3.8) is 0 Å². The van der Waals surface area contributed by atoms with Crippen LogP contribution in [0, 0.1) is 0 Å². The Morgan fingerprint density at radius 2 is 1.74 bits per heavy atom. The first-order chi connectivity index (χ1) is 20.2. The predicted octanol–water partition coefficient (Wildman–Crippen LogP) is 1.77. The Morgan fingerprint density at radius 1 is 1.02 bits per heavy atom. The Balaban J connectivity index is 1.27. The van der Waals surface area contributed by atoms with Crippen LogP contribution in [0.3, 0.4) is 0 Å². The van der Waals surface area contributed by atoms with E-state index >= 15 is 0 Å². The molecular weight excluding hydrogens is 538 g/mol. The molecule has 1 saturated carbocycles. The number of carbonyl (C=O) groups excluding carboxylic acids is 5. The third kappa shape index (κ3) is 6.94. The van der Waals surface area contributed by atoms with Gasteiger partial charge in [-0.1, -0.05) is 37.6 Å². The van der Waals surface area contributed by atoms with E-state index in [1.807, 2.05) is 32.0 Å². The molecule has 0 bridgehead atoms. The Morgan fingerprint density at radius 3 is 2.43 bits per heavy atom. The minimum atomic E-state index is -0.982. The smallest absolute Gasteiger partial charge is 0.410 e. The first-order valence-electron chi connectivity index (χ1n) is 15.5. The summed E-state index contributed by atoms with van der Waals surface area (Å²) in [4.78, 5) is 71.2. The van der Waals surface area contributed by atoms with Crippen LogP contribution in [0.5, 0.6) is 0 Å². The number of ketones is 1. The molecule has 228 valence electrons. The second-order valence-corrected chi connectivity index (χ2v) is 12.1. The van der Waals surface area contributed by atoms with Crippen molar-refractivity contribution >= 4 is 29.6 Å². The van der Waals surface area contributed by atoms with Crippen LogP contribution in [-0.4, -0.2) is 101 Å². The van der Waals surface area contributed by atoms with Crippen LogP contribution in [0.4, 0.5) is 4.79 Å². The molecule has 42 heavy (non-hydrogen) atoms. The molecule has 11 nitrogen and oxygen atoms in total. The molecule has 4 aliphatic rings. The van der Waals surface area contributed by atoms with Crippen LogP contribution in [0.25, 0.3) is 0 Å².